The average Bonchev–Trinajstić information content (AvgIpc) is 2.16. The first kappa shape index (κ1) is 18.4. The third kappa shape index (κ3) is 7.34. The van der Waals surface area contributed by atoms with E-state index in [4.69, 9.17) is 15.3 Å². The molecule has 2 atom stereocenters. The average molecular weight is 264 g/mol. The predicted molar refractivity (Wildman–Crippen MR) is 57.8 cm³/mol. The van der Waals surface area contributed by atoms with E-state index < -0.39 is 35.4 Å². The van der Waals surface area contributed by atoms with Crippen molar-refractivity contribution >= 4 is 23.7 Å². The van der Waals surface area contributed by atoms with Crippen molar-refractivity contribution in [1.82, 2.24) is 0 Å². The molecule has 0 bridgehead atoms. The Labute approximate surface area is 103 Å². The molecule has 104 valence electrons. The van der Waals surface area contributed by atoms with Crippen LogP contribution in [0.15, 0.2) is 0 Å². The van der Waals surface area contributed by atoms with Gasteiger partial charge in [-0.1, -0.05) is 0 Å². The quantitative estimate of drug-likeness (QED) is 0.453. The lowest BCUT2D eigenvalue weighted by Gasteiger charge is -2.11. The van der Waals surface area contributed by atoms with Crippen LogP contribution >= 0.6 is 0 Å². The number of hydrogen-bond acceptors (Lipinski definition) is 6. The smallest absolute Gasteiger partial charge is 0.344 e. The van der Waals surface area contributed by atoms with Crippen LogP contribution in [0.2, 0.25) is 0 Å². The number of aliphatic carboxylic acids is 2. The molecule has 0 aliphatic heterocycles. The Morgan fingerprint density at radius 1 is 1.11 bits per heavy atom. The molecule has 0 saturated carbocycles. The summed E-state index contributed by atoms with van der Waals surface area (Å²) in [7, 11) is 0. The molecule has 0 aliphatic rings. The molecule has 0 fully saturated rings. The molecular weight excluding hydrogens is 248 g/mol. The third-order valence-corrected chi connectivity index (χ3v) is 1.79. The number of Topliss-reactive ketones (excluding diaryl/α,β-unsaturated/α-hetero) is 1. The highest BCUT2D eigenvalue weighted by molar-refractivity contribution is 6.04. The Bertz CT molecular complexity index is 328. The van der Waals surface area contributed by atoms with Crippen LogP contribution in [0.4, 0.5) is 0 Å². The van der Waals surface area contributed by atoms with E-state index in [0.29, 0.717) is 0 Å². The zero-order valence-electron chi connectivity index (χ0n) is 10.5. The molecular formula is C10H16O8. The molecule has 0 aromatic rings. The Kier molecular flexibility index (Phi) is 7.55. The SMILES string of the molecule is CC(=O)C(C)(O)C(=O)O.CC(=O)O[C@@H](C)C(=O)O. The molecule has 3 N–H and O–H groups in total. The fourth-order valence-corrected chi connectivity index (χ4v) is 0.450. The summed E-state index contributed by atoms with van der Waals surface area (Å²) in [5.74, 6) is -4.00. The second kappa shape index (κ2) is 7.38. The van der Waals surface area contributed by atoms with Crippen LogP contribution in [-0.2, 0) is 23.9 Å². The van der Waals surface area contributed by atoms with Gasteiger partial charge in [-0.3, -0.25) is 9.59 Å². The monoisotopic (exact) mass is 264 g/mol. The van der Waals surface area contributed by atoms with Crippen LogP contribution in [0.1, 0.15) is 27.7 Å². The lowest BCUT2D eigenvalue weighted by Crippen LogP contribution is -2.41. The van der Waals surface area contributed by atoms with Crippen molar-refractivity contribution in [3.05, 3.63) is 0 Å². The van der Waals surface area contributed by atoms with Crippen LogP contribution in [0.25, 0.3) is 0 Å². The number of carboxylic acid groups (broad SMARTS) is 2. The highest BCUT2D eigenvalue weighted by Gasteiger charge is 2.35. The largest absolute Gasteiger partial charge is 0.479 e. The summed E-state index contributed by atoms with van der Waals surface area (Å²) in [6.07, 6.45) is -1.04. The lowest BCUT2D eigenvalue weighted by molar-refractivity contribution is -0.162. The van der Waals surface area contributed by atoms with Crippen molar-refractivity contribution in [1.29, 1.82) is 0 Å². The fourth-order valence-electron chi connectivity index (χ4n) is 0.450. The maximum Gasteiger partial charge on any atom is 0.344 e. The summed E-state index contributed by atoms with van der Waals surface area (Å²) in [5, 5.41) is 25.0. The first-order chi connectivity index (χ1) is 7.92. The summed E-state index contributed by atoms with van der Waals surface area (Å²) in [5.41, 5.74) is -2.22. The predicted octanol–water partition coefficient (Wildman–Crippen LogP) is -0.566. The van der Waals surface area contributed by atoms with Gasteiger partial charge in [0, 0.05) is 6.92 Å². The van der Waals surface area contributed by atoms with E-state index in [1.807, 2.05) is 0 Å². The van der Waals surface area contributed by atoms with E-state index in [2.05, 4.69) is 4.74 Å². The van der Waals surface area contributed by atoms with Gasteiger partial charge in [0.1, 0.15) is 0 Å². The van der Waals surface area contributed by atoms with Gasteiger partial charge in [0.25, 0.3) is 0 Å². The second-order valence-electron chi connectivity index (χ2n) is 3.52. The van der Waals surface area contributed by atoms with Crippen molar-refractivity contribution in [3.63, 3.8) is 0 Å². The van der Waals surface area contributed by atoms with Crippen LogP contribution in [-0.4, -0.2) is 50.7 Å². The fraction of sp³-hybridized carbons (Fsp3) is 0.600. The van der Waals surface area contributed by atoms with Gasteiger partial charge in [0.2, 0.25) is 5.60 Å². The minimum absolute atomic E-state index is 0.579. The van der Waals surface area contributed by atoms with Crippen molar-refractivity contribution in [3.8, 4) is 0 Å². The van der Waals surface area contributed by atoms with Crippen molar-refractivity contribution in [2.24, 2.45) is 0 Å². The molecule has 0 aromatic heterocycles. The molecule has 0 radical (unpaired) electrons. The number of rotatable bonds is 4. The van der Waals surface area contributed by atoms with Crippen molar-refractivity contribution in [2.45, 2.75) is 39.4 Å². The minimum Gasteiger partial charge on any atom is -0.479 e. The molecule has 0 aliphatic carbocycles. The molecule has 8 nitrogen and oxygen atoms in total. The maximum absolute atomic E-state index is 10.3. The van der Waals surface area contributed by atoms with Gasteiger partial charge < -0.3 is 20.1 Å². The van der Waals surface area contributed by atoms with Crippen molar-refractivity contribution < 1.29 is 39.2 Å². The highest BCUT2D eigenvalue weighted by Crippen LogP contribution is 2.03. The van der Waals surface area contributed by atoms with Crippen LogP contribution < -0.4 is 0 Å². The maximum atomic E-state index is 10.3. The Morgan fingerprint density at radius 3 is 1.56 bits per heavy atom. The number of ketones is 1. The number of aliphatic hydroxyl groups is 1. The standard InChI is InChI=1S/2C5H8O4/c1-3(6)5(2,9)4(7)8;1-3(5(7)8)9-4(2)6/h9H,1-2H3,(H,7,8);3H,1-2H3,(H,7,8)/t;3-/m.0/s1. The number of ether oxygens (including phenoxy) is 1. The summed E-state index contributed by atoms with van der Waals surface area (Å²) >= 11 is 0. The normalized spacial score (nSPS) is 14.3. The summed E-state index contributed by atoms with van der Waals surface area (Å²) in [6, 6.07) is 0. The van der Waals surface area contributed by atoms with E-state index in [1.54, 1.807) is 0 Å². The number of hydrogen-bond donors (Lipinski definition) is 3. The van der Waals surface area contributed by atoms with E-state index in [-0.39, 0.29) is 0 Å². The number of carboxylic acids is 2. The van der Waals surface area contributed by atoms with Crippen LogP contribution in [0, 0.1) is 0 Å². The molecule has 0 heterocycles. The molecule has 0 amide bonds. The van der Waals surface area contributed by atoms with Crippen LogP contribution in [0.3, 0.4) is 0 Å². The zero-order valence-corrected chi connectivity index (χ0v) is 10.5. The van der Waals surface area contributed by atoms with Gasteiger partial charge >= 0.3 is 17.9 Å². The zero-order chi connectivity index (χ0) is 15.1. The van der Waals surface area contributed by atoms with E-state index >= 15 is 0 Å². The molecule has 18 heavy (non-hydrogen) atoms. The van der Waals surface area contributed by atoms with E-state index in [0.717, 1.165) is 13.8 Å². The van der Waals surface area contributed by atoms with E-state index in [1.165, 1.54) is 13.8 Å². The molecule has 0 aromatic carbocycles. The third-order valence-electron chi connectivity index (χ3n) is 1.79. The number of carbonyl (C=O) groups is 4. The van der Waals surface area contributed by atoms with Gasteiger partial charge in [0.15, 0.2) is 11.9 Å². The molecule has 0 spiro atoms. The summed E-state index contributed by atoms with van der Waals surface area (Å²) < 4.78 is 4.27. The molecule has 8 heteroatoms. The lowest BCUT2D eigenvalue weighted by atomic mass is 10.0. The van der Waals surface area contributed by atoms with Gasteiger partial charge in [-0.15, -0.1) is 0 Å². The van der Waals surface area contributed by atoms with Crippen molar-refractivity contribution in [2.75, 3.05) is 0 Å². The summed E-state index contributed by atoms with van der Waals surface area (Å²) in [6.45, 7) is 4.43. The Morgan fingerprint density at radius 2 is 1.50 bits per heavy atom. The summed E-state index contributed by atoms with van der Waals surface area (Å²) in [4.78, 5) is 40.3. The van der Waals surface area contributed by atoms with Gasteiger partial charge in [-0.2, -0.15) is 0 Å². The van der Waals surface area contributed by atoms with Crippen LogP contribution in [0.5, 0.6) is 0 Å². The minimum atomic E-state index is -2.22. The topological polar surface area (TPSA) is 138 Å². The van der Waals surface area contributed by atoms with Gasteiger partial charge in [0.05, 0.1) is 0 Å². The second-order valence-corrected chi connectivity index (χ2v) is 3.52. The Hall–Kier alpha value is -1.96. The van der Waals surface area contributed by atoms with Gasteiger partial charge in [-0.05, 0) is 20.8 Å². The Balaban J connectivity index is 0. The molecule has 0 rings (SSSR count). The van der Waals surface area contributed by atoms with Gasteiger partial charge in [-0.25, -0.2) is 9.59 Å². The number of carbonyl (C=O) groups excluding carboxylic acids is 2. The molecule has 0 saturated heterocycles. The number of esters is 1. The first-order valence-electron chi connectivity index (χ1n) is 4.79. The highest BCUT2D eigenvalue weighted by atomic mass is 16.6. The molecule has 1 unspecified atom stereocenters. The van der Waals surface area contributed by atoms with E-state index in [9.17, 15) is 19.2 Å². The first-order valence-corrected chi connectivity index (χ1v) is 4.79.